The molecule has 1 atom stereocenters. The highest BCUT2D eigenvalue weighted by atomic mass is 16.6. The number of carbonyl (C=O) groups is 2. The smallest absolute Gasteiger partial charge is 0.415 e. The summed E-state index contributed by atoms with van der Waals surface area (Å²) >= 11 is 0. The Kier molecular flexibility index (Phi) is 6.13. The second-order valence-electron chi connectivity index (χ2n) is 7.31. The predicted octanol–water partition coefficient (Wildman–Crippen LogP) is 4.40. The Balaban J connectivity index is 1.35. The molecule has 6 heteroatoms. The fourth-order valence-corrected chi connectivity index (χ4v) is 3.66. The van der Waals surface area contributed by atoms with Crippen molar-refractivity contribution in [1.29, 1.82) is 0 Å². The molecule has 1 fully saturated rings. The van der Waals surface area contributed by atoms with E-state index in [0.717, 1.165) is 5.56 Å². The molecule has 2 heterocycles. The van der Waals surface area contributed by atoms with E-state index in [0.29, 0.717) is 37.4 Å². The van der Waals surface area contributed by atoms with Gasteiger partial charge in [-0.25, -0.2) is 4.79 Å². The largest absolute Gasteiger partial charge is 0.467 e. The van der Waals surface area contributed by atoms with Crippen LogP contribution in [0.3, 0.4) is 0 Å². The van der Waals surface area contributed by atoms with Crippen LogP contribution in [0.4, 0.5) is 4.79 Å². The van der Waals surface area contributed by atoms with Crippen molar-refractivity contribution in [2.45, 2.75) is 18.9 Å². The van der Waals surface area contributed by atoms with Gasteiger partial charge in [-0.05, 0) is 42.7 Å². The first-order valence-corrected chi connectivity index (χ1v) is 10.1. The Labute approximate surface area is 175 Å². The first-order valence-electron chi connectivity index (χ1n) is 10.1. The first-order chi connectivity index (χ1) is 14.7. The Bertz CT molecular complexity index is 949. The van der Waals surface area contributed by atoms with Gasteiger partial charge in [0.2, 0.25) is 5.91 Å². The van der Waals surface area contributed by atoms with Crippen molar-refractivity contribution < 1.29 is 18.7 Å². The zero-order valence-electron chi connectivity index (χ0n) is 16.6. The minimum Gasteiger partial charge on any atom is -0.467 e. The SMILES string of the molecule is O=C(NC(c1ccccc1)c1ccco1)C1CCN(C(=O)Oc2ccccc2)CC1. The third kappa shape index (κ3) is 4.71. The van der Waals surface area contributed by atoms with Crippen molar-refractivity contribution in [2.24, 2.45) is 5.92 Å². The van der Waals surface area contributed by atoms with Crippen LogP contribution in [-0.2, 0) is 4.79 Å². The van der Waals surface area contributed by atoms with Gasteiger partial charge in [-0.3, -0.25) is 4.79 Å². The fraction of sp³-hybridized carbons (Fsp3) is 0.250. The molecule has 0 radical (unpaired) electrons. The summed E-state index contributed by atoms with van der Waals surface area (Å²) in [5.41, 5.74) is 0.963. The number of hydrogen-bond donors (Lipinski definition) is 1. The van der Waals surface area contributed by atoms with Crippen LogP contribution in [-0.4, -0.2) is 30.0 Å². The molecule has 0 spiro atoms. The lowest BCUT2D eigenvalue weighted by Crippen LogP contribution is -2.44. The number of piperidine rings is 1. The van der Waals surface area contributed by atoms with Crippen LogP contribution in [0, 0.1) is 5.92 Å². The fourth-order valence-electron chi connectivity index (χ4n) is 3.66. The number of hydrogen-bond acceptors (Lipinski definition) is 4. The third-order valence-electron chi connectivity index (χ3n) is 5.32. The average molecular weight is 404 g/mol. The van der Waals surface area contributed by atoms with Crippen LogP contribution in [0.15, 0.2) is 83.5 Å². The Hall–Kier alpha value is -3.54. The lowest BCUT2D eigenvalue weighted by Gasteiger charge is -2.31. The average Bonchev–Trinajstić information content (AvgIpc) is 3.33. The molecule has 4 rings (SSSR count). The van der Waals surface area contributed by atoms with Crippen molar-refractivity contribution in [2.75, 3.05) is 13.1 Å². The van der Waals surface area contributed by atoms with Gasteiger partial charge in [0.25, 0.3) is 0 Å². The molecule has 0 saturated carbocycles. The van der Waals surface area contributed by atoms with Gasteiger partial charge in [-0.1, -0.05) is 48.5 Å². The second kappa shape index (κ2) is 9.31. The molecule has 3 aromatic rings. The summed E-state index contributed by atoms with van der Waals surface area (Å²) in [6, 6.07) is 22.1. The molecule has 154 valence electrons. The molecule has 1 aliphatic rings. The molecule has 1 N–H and O–H groups in total. The normalized spacial score (nSPS) is 15.4. The number of nitrogens with zero attached hydrogens (tertiary/aromatic N) is 1. The van der Waals surface area contributed by atoms with E-state index in [2.05, 4.69) is 5.32 Å². The van der Waals surface area contributed by atoms with Crippen LogP contribution in [0.2, 0.25) is 0 Å². The maximum absolute atomic E-state index is 13.0. The standard InChI is InChI=1S/C24H24N2O4/c27-23(25-22(21-12-7-17-29-21)18-8-3-1-4-9-18)19-13-15-26(16-14-19)24(28)30-20-10-5-2-6-11-20/h1-12,17,19,22H,13-16H2,(H,25,27). The molecule has 6 nitrogen and oxygen atoms in total. The van der Waals surface area contributed by atoms with Gasteiger partial charge >= 0.3 is 6.09 Å². The summed E-state index contributed by atoms with van der Waals surface area (Å²) in [5, 5.41) is 3.12. The second-order valence-corrected chi connectivity index (χ2v) is 7.31. The summed E-state index contributed by atoms with van der Waals surface area (Å²) in [6.07, 6.45) is 2.41. The maximum atomic E-state index is 13.0. The molecule has 30 heavy (non-hydrogen) atoms. The summed E-state index contributed by atoms with van der Waals surface area (Å²) in [5.74, 6) is 1.02. The molecule has 1 unspecified atom stereocenters. The Morgan fingerprint density at radius 1 is 0.933 bits per heavy atom. The van der Waals surface area contributed by atoms with Crippen molar-refractivity contribution >= 4 is 12.0 Å². The van der Waals surface area contributed by atoms with Gasteiger partial charge in [-0.15, -0.1) is 0 Å². The van der Waals surface area contributed by atoms with E-state index >= 15 is 0 Å². The van der Waals surface area contributed by atoms with E-state index in [1.807, 2.05) is 60.7 Å². The topological polar surface area (TPSA) is 71.8 Å². The number of nitrogens with one attached hydrogen (secondary N) is 1. The molecule has 1 saturated heterocycles. The highest BCUT2D eigenvalue weighted by Gasteiger charge is 2.30. The number of para-hydroxylation sites is 1. The molecule has 2 amide bonds. The van der Waals surface area contributed by atoms with Gasteiger partial charge in [0.1, 0.15) is 17.6 Å². The molecule has 1 aliphatic heterocycles. The lowest BCUT2D eigenvalue weighted by atomic mass is 9.95. The van der Waals surface area contributed by atoms with Crippen molar-refractivity contribution in [3.8, 4) is 5.75 Å². The van der Waals surface area contributed by atoms with E-state index in [9.17, 15) is 9.59 Å². The zero-order valence-corrected chi connectivity index (χ0v) is 16.6. The van der Waals surface area contributed by atoms with Crippen LogP contribution in [0.25, 0.3) is 0 Å². The number of ether oxygens (including phenoxy) is 1. The minimum absolute atomic E-state index is 0.0312. The monoisotopic (exact) mass is 404 g/mol. The molecular weight excluding hydrogens is 380 g/mol. The lowest BCUT2D eigenvalue weighted by molar-refractivity contribution is -0.127. The zero-order chi connectivity index (χ0) is 20.8. The third-order valence-corrected chi connectivity index (χ3v) is 5.32. The van der Waals surface area contributed by atoms with Gasteiger partial charge < -0.3 is 19.4 Å². The maximum Gasteiger partial charge on any atom is 0.415 e. The quantitative estimate of drug-likeness (QED) is 0.684. The Morgan fingerprint density at radius 2 is 1.60 bits per heavy atom. The van der Waals surface area contributed by atoms with E-state index in [1.54, 1.807) is 23.3 Å². The van der Waals surface area contributed by atoms with Crippen molar-refractivity contribution in [1.82, 2.24) is 10.2 Å². The first kappa shape index (κ1) is 19.8. The minimum atomic E-state index is -0.377. The van der Waals surface area contributed by atoms with Gasteiger partial charge in [0.05, 0.1) is 6.26 Å². The number of rotatable bonds is 5. The van der Waals surface area contributed by atoms with Crippen LogP contribution in [0.1, 0.15) is 30.2 Å². The number of benzene rings is 2. The highest BCUT2D eigenvalue weighted by molar-refractivity contribution is 5.80. The summed E-state index contributed by atoms with van der Waals surface area (Å²) < 4.78 is 11.0. The van der Waals surface area contributed by atoms with Gasteiger partial charge in [-0.2, -0.15) is 0 Å². The van der Waals surface area contributed by atoms with E-state index in [4.69, 9.17) is 9.15 Å². The van der Waals surface area contributed by atoms with Gasteiger partial charge in [0, 0.05) is 19.0 Å². The van der Waals surface area contributed by atoms with Gasteiger partial charge in [0.15, 0.2) is 0 Å². The molecule has 0 bridgehead atoms. The van der Waals surface area contributed by atoms with E-state index < -0.39 is 0 Å². The van der Waals surface area contributed by atoms with E-state index in [-0.39, 0.29) is 24.0 Å². The summed E-state index contributed by atoms with van der Waals surface area (Å²) in [7, 11) is 0. The van der Waals surface area contributed by atoms with Crippen molar-refractivity contribution in [3.63, 3.8) is 0 Å². The molecule has 2 aromatic carbocycles. The summed E-state index contributed by atoms with van der Waals surface area (Å²) in [4.78, 5) is 27.0. The molecular formula is C24H24N2O4. The van der Waals surface area contributed by atoms with Crippen LogP contribution in [0.5, 0.6) is 5.75 Å². The Morgan fingerprint density at radius 3 is 2.23 bits per heavy atom. The number of likely N-dealkylation sites (tertiary alicyclic amines) is 1. The van der Waals surface area contributed by atoms with Crippen molar-refractivity contribution in [3.05, 3.63) is 90.4 Å². The predicted molar refractivity (Wildman–Crippen MR) is 112 cm³/mol. The highest BCUT2D eigenvalue weighted by Crippen LogP contribution is 2.25. The van der Waals surface area contributed by atoms with E-state index in [1.165, 1.54) is 0 Å². The van der Waals surface area contributed by atoms with Crippen LogP contribution >= 0.6 is 0 Å². The number of furan rings is 1. The molecule has 1 aromatic heterocycles. The van der Waals surface area contributed by atoms with Crippen LogP contribution < -0.4 is 10.1 Å². The summed E-state index contributed by atoms with van der Waals surface area (Å²) in [6.45, 7) is 0.973. The molecule has 0 aliphatic carbocycles. The number of amides is 2. The number of carbonyl (C=O) groups excluding carboxylic acids is 2.